The van der Waals surface area contributed by atoms with Crippen LogP contribution in [0.5, 0.6) is 0 Å². The lowest BCUT2D eigenvalue weighted by molar-refractivity contribution is 0.529. The lowest BCUT2D eigenvalue weighted by atomic mass is 9.94. The zero-order valence-electron chi connectivity index (χ0n) is 10.5. The summed E-state index contributed by atoms with van der Waals surface area (Å²) in [5.41, 5.74) is 1.18. The van der Waals surface area contributed by atoms with E-state index in [2.05, 4.69) is 50.0 Å². The molecule has 16 heavy (non-hydrogen) atoms. The molecule has 0 fully saturated rings. The van der Waals surface area contributed by atoms with Crippen LogP contribution >= 0.6 is 0 Å². The number of unbranched alkanes of at least 4 members (excludes halogenated alkanes) is 2. The van der Waals surface area contributed by atoms with Gasteiger partial charge in [-0.05, 0) is 25.5 Å². The standard InChI is InChI=1S/C15H23N/c1-4-6-10-13-15(3,5-2)16-14-11-8-7-9-12-14/h5,7-9,11-12,16H,2,4,6,10,13H2,1,3H3. The molecule has 0 aliphatic heterocycles. The summed E-state index contributed by atoms with van der Waals surface area (Å²) in [5.74, 6) is 0. The Morgan fingerprint density at radius 2 is 1.94 bits per heavy atom. The van der Waals surface area contributed by atoms with Crippen molar-refractivity contribution in [1.29, 1.82) is 0 Å². The molecule has 0 radical (unpaired) electrons. The van der Waals surface area contributed by atoms with Gasteiger partial charge in [0.25, 0.3) is 0 Å². The van der Waals surface area contributed by atoms with Crippen molar-refractivity contribution in [2.45, 2.75) is 45.1 Å². The average Bonchev–Trinajstić information content (AvgIpc) is 2.31. The first kappa shape index (κ1) is 12.8. The molecule has 0 heterocycles. The molecule has 0 amide bonds. The van der Waals surface area contributed by atoms with Crippen molar-refractivity contribution in [2.75, 3.05) is 5.32 Å². The highest BCUT2D eigenvalue weighted by Gasteiger charge is 2.18. The third-order valence-corrected chi connectivity index (χ3v) is 2.95. The van der Waals surface area contributed by atoms with E-state index < -0.39 is 0 Å². The maximum atomic E-state index is 3.95. The second kappa shape index (κ2) is 6.37. The van der Waals surface area contributed by atoms with Gasteiger partial charge in [-0.15, -0.1) is 6.58 Å². The van der Waals surface area contributed by atoms with Gasteiger partial charge in [-0.1, -0.05) is 50.5 Å². The van der Waals surface area contributed by atoms with Gasteiger partial charge in [0.2, 0.25) is 0 Å². The van der Waals surface area contributed by atoms with Crippen molar-refractivity contribution in [3.63, 3.8) is 0 Å². The Balaban J connectivity index is 2.56. The molecule has 1 unspecified atom stereocenters. The fourth-order valence-electron chi connectivity index (χ4n) is 1.81. The summed E-state index contributed by atoms with van der Waals surface area (Å²) in [5, 5.41) is 3.55. The summed E-state index contributed by atoms with van der Waals surface area (Å²) in [7, 11) is 0. The molecule has 1 heteroatoms. The van der Waals surface area contributed by atoms with E-state index in [-0.39, 0.29) is 5.54 Å². The van der Waals surface area contributed by atoms with Crippen LogP contribution in [0.4, 0.5) is 5.69 Å². The van der Waals surface area contributed by atoms with E-state index in [0.717, 1.165) is 6.42 Å². The highest BCUT2D eigenvalue weighted by molar-refractivity contribution is 5.46. The van der Waals surface area contributed by atoms with Crippen molar-refractivity contribution in [3.05, 3.63) is 43.0 Å². The number of rotatable bonds is 7. The Hall–Kier alpha value is -1.24. The Morgan fingerprint density at radius 3 is 2.50 bits per heavy atom. The van der Waals surface area contributed by atoms with Crippen molar-refractivity contribution < 1.29 is 0 Å². The summed E-state index contributed by atoms with van der Waals surface area (Å²) in [6.07, 6.45) is 6.96. The van der Waals surface area contributed by atoms with Gasteiger partial charge in [-0.3, -0.25) is 0 Å². The third-order valence-electron chi connectivity index (χ3n) is 2.95. The predicted molar refractivity (Wildman–Crippen MR) is 72.8 cm³/mol. The summed E-state index contributed by atoms with van der Waals surface area (Å²) in [6, 6.07) is 10.3. The Morgan fingerprint density at radius 1 is 1.25 bits per heavy atom. The first-order valence-corrected chi connectivity index (χ1v) is 6.17. The number of nitrogens with one attached hydrogen (secondary N) is 1. The zero-order valence-corrected chi connectivity index (χ0v) is 10.5. The van der Waals surface area contributed by atoms with Crippen LogP contribution < -0.4 is 5.32 Å². The molecule has 1 atom stereocenters. The molecule has 1 nitrogen and oxygen atoms in total. The minimum atomic E-state index is 0.0104. The first-order chi connectivity index (χ1) is 7.70. The fourth-order valence-corrected chi connectivity index (χ4v) is 1.81. The number of para-hydroxylation sites is 1. The van der Waals surface area contributed by atoms with Crippen LogP contribution in [0.2, 0.25) is 0 Å². The Kier molecular flexibility index (Phi) is 5.10. The molecule has 1 N–H and O–H groups in total. The smallest absolute Gasteiger partial charge is 0.0525 e. The van der Waals surface area contributed by atoms with Crippen molar-refractivity contribution in [3.8, 4) is 0 Å². The number of benzene rings is 1. The van der Waals surface area contributed by atoms with Gasteiger partial charge in [-0.25, -0.2) is 0 Å². The molecule has 1 aromatic carbocycles. The van der Waals surface area contributed by atoms with Crippen molar-refractivity contribution >= 4 is 5.69 Å². The third kappa shape index (κ3) is 4.09. The van der Waals surface area contributed by atoms with Crippen molar-refractivity contribution in [1.82, 2.24) is 0 Å². The second-order valence-electron chi connectivity index (χ2n) is 4.57. The van der Waals surface area contributed by atoms with Crippen molar-refractivity contribution in [2.24, 2.45) is 0 Å². The van der Waals surface area contributed by atoms with Gasteiger partial charge >= 0.3 is 0 Å². The monoisotopic (exact) mass is 217 g/mol. The van der Waals surface area contributed by atoms with Crippen LogP contribution in [0.3, 0.4) is 0 Å². The minimum Gasteiger partial charge on any atom is -0.376 e. The van der Waals surface area contributed by atoms with Crippen LogP contribution in [0, 0.1) is 0 Å². The topological polar surface area (TPSA) is 12.0 Å². The lowest BCUT2D eigenvalue weighted by Gasteiger charge is -2.28. The fraction of sp³-hybridized carbons (Fsp3) is 0.467. The van der Waals surface area contributed by atoms with Crippen LogP contribution in [0.25, 0.3) is 0 Å². The van der Waals surface area contributed by atoms with E-state index in [1.54, 1.807) is 0 Å². The summed E-state index contributed by atoms with van der Waals surface area (Å²) in [6.45, 7) is 8.39. The molecule has 1 aromatic rings. The van der Waals surface area contributed by atoms with Crippen LogP contribution in [0.1, 0.15) is 39.5 Å². The highest BCUT2D eigenvalue weighted by atomic mass is 15.0. The average molecular weight is 217 g/mol. The molecule has 88 valence electrons. The lowest BCUT2D eigenvalue weighted by Crippen LogP contribution is -2.31. The Labute approximate surface area is 99.6 Å². The molecule has 0 saturated heterocycles. The molecule has 0 aliphatic carbocycles. The van der Waals surface area contributed by atoms with Gasteiger partial charge in [0, 0.05) is 5.69 Å². The normalized spacial score (nSPS) is 14.1. The quantitative estimate of drug-likeness (QED) is 0.519. The Bertz CT molecular complexity index is 304. The van der Waals surface area contributed by atoms with Gasteiger partial charge < -0.3 is 5.32 Å². The van der Waals surface area contributed by atoms with E-state index in [4.69, 9.17) is 0 Å². The molecule has 0 aliphatic rings. The molecular weight excluding hydrogens is 194 g/mol. The van der Waals surface area contributed by atoms with Crippen LogP contribution in [0.15, 0.2) is 43.0 Å². The number of hydrogen-bond acceptors (Lipinski definition) is 1. The molecule has 0 saturated carbocycles. The maximum Gasteiger partial charge on any atom is 0.0525 e. The number of hydrogen-bond donors (Lipinski definition) is 1. The van der Waals surface area contributed by atoms with Gasteiger partial charge in [0.15, 0.2) is 0 Å². The van der Waals surface area contributed by atoms with E-state index in [9.17, 15) is 0 Å². The van der Waals surface area contributed by atoms with E-state index in [1.807, 2.05) is 12.1 Å². The van der Waals surface area contributed by atoms with Gasteiger partial charge in [-0.2, -0.15) is 0 Å². The zero-order chi connectivity index (χ0) is 11.9. The first-order valence-electron chi connectivity index (χ1n) is 6.17. The van der Waals surface area contributed by atoms with E-state index >= 15 is 0 Å². The van der Waals surface area contributed by atoms with Gasteiger partial charge in [0.1, 0.15) is 0 Å². The van der Waals surface area contributed by atoms with Crippen LogP contribution in [-0.2, 0) is 0 Å². The number of anilines is 1. The van der Waals surface area contributed by atoms with E-state index in [1.165, 1.54) is 24.9 Å². The molecular formula is C15H23N. The molecule has 0 aromatic heterocycles. The predicted octanol–water partition coefficient (Wildman–Crippen LogP) is 4.62. The summed E-state index contributed by atoms with van der Waals surface area (Å²) >= 11 is 0. The SMILES string of the molecule is C=CC(C)(CCCCC)Nc1ccccc1. The largest absolute Gasteiger partial charge is 0.376 e. The second-order valence-corrected chi connectivity index (χ2v) is 4.57. The van der Waals surface area contributed by atoms with E-state index in [0.29, 0.717) is 0 Å². The molecule has 1 rings (SSSR count). The van der Waals surface area contributed by atoms with Crippen LogP contribution in [-0.4, -0.2) is 5.54 Å². The summed E-state index contributed by atoms with van der Waals surface area (Å²) < 4.78 is 0. The molecule has 0 bridgehead atoms. The van der Waals surface area contributed by atoms with Gasteiger partial charge in [0.05, 0.1) is 5.54 Å². The highest BCUT2D eigenvalue weighted by Crippen LogP contribution is 2.22. The molecule has 0 spiro atoms. The minimum absolute atomic E-state index is 0.0104. The summed E-state index contributed by atoms with van der Waals surface area (Å²) in [4.78, 5) is 0. The maximum absolute atomic E-state index is 3.95.